The number of aryl methyl sites for hydroxylation is 3. The number of aromatic nitrogens is 1. The third-order valence-corrected chi connectivity index (χ3v) is 13.3. The van der Waals surface area contributed by atoms with Gasteiger partial charge < -0.3 is 9.47 Å². The average molecular weight is 712 g/mol. The van der Waals surface area contributed by atoms with Crippen LogP contribution in [0.5, 0.6) is 5.75 Å². The minimum atomic E-state index is -3.85. The maximum atomic E-state index is 14.2. The van der Waals surface area contributed by atoms with Crippen molar-refractivity contribution in [2.24, 2.45) is 0 Å². The van der Waals surface area contributed by atoms with Crippen LogP contribution < -0.4 is 4.74 Å². The highest BCUT2D eigenvalue weighted by Gasteiger charge is 2.36. The van der Waals surface area contributed by atoms with Crippen LogP contribution in [0.3, 0.4) is 0 Å². The van der Waals surface area contributed by atoms with Crippen LogP contribution in [0.25, 0.3) is 0 Å². The first-order valence-corrected chi connectivity index (χ1v) is 20.6. The second-order valence-corrected chi connectivity index (χ2v) is 17.9. The lowest BCUT2D eigenvalue weighted by molar-refractivity contribution is -0.181. The fraction of sp³-hybridized carbons (Fsp3) is 0.553. The molecule has 0 amide bonds. The van der Waals surface area contributed by atoms with Crippen molar-refractivity contribution in [1.82, 2.24) is 13.6 Å². The van der Waals surface area contributed by atoms with Crippen LogP contribution >= 0.6 is 0 Å². The third-order valence-electron chi connectivity index (χ3n) is 9.59. The summed E-state index contributed by atoms with van der Waals surface area (Å²) in [5.74, 6) is -0.499. The Morgan fingerprint density at radius 3 is 1.51 bits per heavy atom. The molecule has 0 saturated carbocycles. The average Bonchev–Trinajstić information content (AvgIpc) is 3.05. The molecule has 1 aromatic heterocycles. The minimum absolute atomic E-state index is 0.0289. The Hall–Kier alpha value is -2.83. The molecule has 5 rings (SSSR count). The van der Waals surface area contributed by atoms with E-state index in [9.17, 15) is 16.8 Å². The third kappa shape index (κ3) is 9.29. The predicted molar refractivity (Wildman–Crippen MR) is 192 cm³/mol. The summed E-state index contributed by atoms with van der Waals surface area (Å²) in [4.78, 5) is 5.49. The molecule has 268 valence electrons. The summed E-state index contributed by atoms with van der Waals surface area (Å²) in [6, 6.07) is 13.9. The predicted octanol–water partition coefficient (Wildman–Crippen LogP) is 7.95. The second kappa shape index (κ2) is 16.0. The first kappa shape index (κ1) is 37.4. The van der Waals surface area contributed by atoms with E-state index in [0.29, 0.717) is 35.8 Å². The fourth-order valence-corrected chi connectivity index (χ4v) is 9.47. The van der Waals surface area contributed by atoms with Gasteiger partial charge in [0.1, 0.15) is 0 Å². The quantitative estimate of drug-likeness (QED) is 0.271. The molecule has 2 bridgehead atoms. The summed E-state index contributed by atoms with van der Waals surface area (Å²) in [7, 11) is -7.68. The van der Waals surface area contributed by atoms with E-state index in [0.717, 1.165) is 80.9 Å². The van der Waals surface area contributed by atoms with Crippen molar-refractivity contribution in [3.8, 4) is 5.75 Å². The van der Waals surface area contributed by atoms with E-state index in [1.54, 1.807) is 28.6 Å². The van der Waals surface area contributed by atoms with Gasteiger partial charge in [0.15, 0.2) is 5.75 Å². The molecule has 0 N–H and O–H groups in total. The first-order chi connectivity index (χ1) is 23.3. The van der Waals surface area contributed by atoms with Gasteiger partial charge in [0.05, 0.1) is 28.6 Å². The van der Waals surface area contributed by atoms with Crippen molar-refractivity contribution in [2.75, 3.05) is 13.1 Å². The van der Waals surface area contributed by atoms with Gasteiger partial charge in [-0.25, -0.2) is 16.8 Å². The normalized spacial score (nSPS) is 19.5. The summed E-state index contributed by atoms with van der Waals surface area (Å²) in [5, 5.41) is 0. The Kier molecular flexibility index (Phi) is 12.2. The van der Waals surface area contributed by atoms with E-state index in [4.69, 9.17) is 14.5 Å². The standard InChI is InChI=1S/C38H53N3O6S2/c1-29-16-20-32(21-17-29)48(42,43)40-24-14-12-10-8-6-7-9-11-13-15-25-41(49(44,45)33-22-18-30(2)19-23-33)27-36-37-35(28-46-38(4,5)47-37)34(26-40)31(3)39-36/h16-23H,6-15,24-28H2,1-5H3. The molecule has 0 unspecified atom stereocenters. The van der Waals surface area contributed by atoms with Gasteiger partial charge in [-0.3, -0.25) is 4.98 Å². The highest BCUT2D eigenvalue weighted by molar-refractivity contribution is 7.89. The van der Waals surface area contributed by atoms with Crippen molar-refractivity contribution < 1.29 is 26.3 Å². The number of hydrogen-bond donors (Lipinski definition) is 0. The summed E-state index contributed by atoms with van der Waals surface area (Å²) in [6.07, 6.45) is 10.1. The van der Waals surface area contributed by atoms with Gasteiger partial charge in [0.2, 0.25) is 25.8 Å². The van der Waals surface area contributed by atoms with E-state index in [1.807, 2.05) is 58.9 Å². The number of sulfonamides is 2. The van der Waals surface area contributed by atoms with E-state index in [2.05, 4.69) is 0 Å². The topological polar surface area (TPSA) is 106 Å². The molecule has 2 aliphatic rings. The number of fused-ring (bicyclic) bond motifs is 6. The minimum Gasteiger partial charge on any atom is -0.461 e. The Balaban J connectivity index is 1.58. The number of pyridine rings is 1. The van der Waals surface area contributed by atoms with E-state index < -0.39 is 25.8 Å². The zero-order chi connectivity index (χ0) is 35.2. The van der Waals surface area contributed by atoms with Crippen molar-refractivity contribution in [3.05, 3.63) is 82.2 Å². The molecule has 49 heavy (non-hydrogen) atoms. The SMILES string of the molecule is Cc1ccc(S(=O)(=O)N2CCCCCCCCCCCCN(S(=O)(=O)c3ccc(C)cc3)Cc3c(C)nc(c4c3COC(C)(C)O4)C2)cc1. The van der Waals surface area contributed by atoms with E-state index in [-0.39, 0.29) is 29.5 Å². The summed E-state index contributed by atoms with van der Waals surface area (Å²) < 4.78 is 72.3. The Bertz CT molecular complexity index is 1790. The molecule has 0 radical (unpaired) electrons. The molecule has 11 heteroatoms. The Labute approximate surface area is 294 Å². The van der Waals surface area contributed by atoms with Crippen molar-refractivity contribution >= 4 is 20.0 Å². The van der Waals surface area contributed by atoms with Gasteiger partial charge in [-0.1, -0.05) is 86.8 Å². The maximum absolute atomic E-state index is 14.2. The highest BCUT2D eigenvalue weighted by atomic mass is 32.2. The molecule has 0 saturated heterocycles. The summed E-state index contributed by atoms with van der Waals surface area (Å²) in [5.41, 5.74) is 4.56. The monoisotopic (exact) mass is 711 g/mol. The lowest BCUT2D eigenvalue weighted by Crippen LogP contribution is -2.39. The first-order valence-electron chi connectivity index (χ1n) is 17.8. The number of ether oxygens (including phenoxy) is 2. The van der Waals surface area contributed by atoms with Gasteiger partial charge in [0, 0.05) is 44.7 Å². The number of nitrogens with zero attached hydrogens (tertiary/aromatic N) is 3. The molecular weight excluding hydrogens is 659 g/mol. The smallest absolute Gasteiger partial charge is 0.243 e. The maximum Gasteiger partial charge on any atom is 0.243 e. The molecule has 0 spiro atoms. The molecule has 3 aromatic rings. The van der Waals surface area contributed by atoms with Crippen LogP contribution in [0.4, 0.5) is 0 Å². The summed E-state index contributed by atoms with van der Waals surface area (Å²) in [6.45, 7) is 10.4. The van der Waals surface area contributed by atoms with Crippen molar-refractivity contribution in [1.29, 1.82) is 0 Å². The van der Waals surface area contributed by atoms with Crippen LogP contribution in [0.1, 0.15) is 112 Å². The summed E-state index contributed by atoms with van der Waals surface area (Å²) >= 11 is 0. The van der Waals surface area contributed by atoms with E-state index >= 15 is 0 Å². The molecule has 2 aromatic carbocycles. The molecule has 0 aliphatic carbocycles. The van der Waals surface area contributed by atoms with Gasteiger partial charge in [-0.2, -0.15) is 8.61 Å². The zero-order valence-electron chi connectivity index (χ0n) is 29.8. The van der Waals surface area contributed by atoms with Gasteiger partial charge in [0.25, 0.3) is 0 Å². The van der Waals surface area contributed by atoms with Gasteiger partial charge >= 0.3 is 0 Å². The van der Waals surface area contributed by atoms with Gasteiger partial charge in [-0.15, -0.1) is 0 Å². The molecule has 3 heterocycles. The zero-order valence-corrected chi connectivity index (χ0v) is 31.5. The molecule has 0 fully saturated rings. The van der Waals surface area contributed by atoms with Crippen molar-refractivity contribution in [2.45, 2.75) is 134 Å². The number of rotatable bonds is 4. The second-order valence-electron chi connectivity index (χ2n) is 14.1. The van der Waals surface area contributed by atoms with Crippen LogP contribution in [0, 0.1) is 20.8 Å². The number of hydrogen-bond acceptors (Lipinski definition) is 7. The largest absolute Gasteiger partial charge is 0.461 e. The van der Waals surface area contributed by atoms with Crippen LogP contribution in [0.15, 0.2) is 58.3 Å². The van der Waals surface area contributed by atoms with E-state index in [1.165, 1.54) is 4.31 Å². The number of benzene rings is 2. The van der Waals surface area contributed by atoms with Crippen LogP contribution in [-0.2, 0) is 44.5 Å². The lowest BCUT2D eigenvalue weighted by Gasteiger charge is -2.36. The highest BCUT2D eigenvalue weighted by Crippen LogP contribution is 2.39. The van der Waals surface area contributed by atoms with Crippen LogP contribution in [0.2, 0.25) is 0 Å². The van der Waals surface area contributed by atoms with Crippen LogP contribution in [-0.4, -0.2) is 49.3 Å². The fourth-order valence-electron chi connectivity index (χ4n) is 6.58. The molecule has 0 atom stereocenters. The molecule has 9 nitrogen and oxygen atoms in total. The lowest BCUT2D eigenvalue weighted by atomic mass is 10.0. The molecule has 2 aliphatic heterocycles. The Morgan fingerprint density at radius 2 is 1.04 bits per heavy atom. The van der Waals surface area contributed by atoms with Crippen molar-refractivity contribution in [3.63, 3.8) is 0 Å². The van der Waals surface area contributed by atoms with Gasteiger partial charge in [-0.05, 0) is 63.4 Å². The molecular formula is C38H53N3O6S2. The Morgan fingerprint density at radius 1 is 0.612 bits per heavy atom.